The van der Waals surface area contributed by atoms with E-state index in [9.17, 15) is 10.0 Å². The molecule has 0 spiro atoms. The summed E-state index contributed by atoms with van der Waals surface area (Å²) in [6.07, 6.45) is 7.12. The molecule has 5 nitrogen and oxygen atoms in total. The molecule has 2 aliphatic rings. The van der Waals surface area contributed by atoms with Gasteiger partial charge < -0.3 is 14.9 Å². The number of nitrogens with zero attached hydrogens (tertiary/aromatic N) is 1. The fraction of sp³-hybridized carbons (Fsp3) is 0.667. The lowest BCUT2D eigenvalue weighted by atomic mass is 9.75. The van der Waals surface area contributed by atoms with Gasteiger partial charge in [0, 0.05) is 23.6 Å². The van der Waals surface area contributed by atoms with Gasteiger partial charge in [0.25, 0.3) is 5.91 Å². The number of furan rings is 1. The number of nitrogens with one attached hydrogen (secondary N) is 1. The second-order valence-corrected chi connectivity index (χ2v) is 7.73. The molecule has 0 bridgehead atoms. The molecular formula is C18H26N2O3. The minimum atomic E-state index is -0.140. The van der Waals surface area contributed by atoms with Crippen molar-refractivity contribution < 1.29 is 14.4 Å². The van der Waals surface area contributed by atoms with Gasteiger partial charge in [-0.2, -0.15) is 0 Å². The summed E-state index contributed by atoms with van der Waals surface area (Å²) in [5.74, 6) is 0.999. The number of amides is 1. The molecule has 0 radical (unpaired) electrons. The van der Waals surface area contributed by atoms with Gasteiger partial charge in [-0.15, -0.1) is 0 Å². The van der Waals surface area contributed by atoms with Crippen molar-refractivity contribution in [3.05, 3.63) is 22.6 Å². The molecule has 1 aromatic heterocycles. The highest BCUT2D eigenvalue weighted by molar-refractivity contribution is 6.06. The standard InChI is InChI=1S/C18H26N2O3/c1-11-15-13(20-22)9-18(2,3)10-14(15)23-16(11)17(21)19-12-7-5-4-6-8-12/h12,22H,4-10H2,1-3H3,(H,19,21)/b20-13-. The Hall–Kier alpha value is -1.78. The van der Waals surface area contributed by atoms with Gasteiger partial charge in [-0.05, 0) is 31.6 Å². The maximum Gasteiger partial charge on any atom is 0.287 e. The summed E-state index contributed by atoms with van der Waals surface area (Å²) in [4.78, 5) is 12.6. The van der Waals surface area contributed by atoms with Crippen LogP contribution < -0.4 is 5.32 Å². The SMILES string of the molecule is Cc1c(C(=O)NC2CCCCC2)oc2c1/C(=N\O)CC(C)(C)C2. The molecule has 0 aliphatic heterocycles. The van der Waals surface area contributed by atoms with E-state index in [1.165, 1.54) is 19.3 Å². The summed E-state index contributed by atoms with van der Waals surface area (Å²) in [6.45, 7) is 6.10. The molecule has 1 saturated carbocycles. The van der Waals surface area contributed by atoms with Crippen LogP contribution in [0.15, 0.2) is 9.57 Å². The zero-order valence-electron chi connectivity index (χ0n) is 14.2. The average Bonchev–Trinajstić information content (AvgIpc) is 2.83. The average molecular weight is 318 g/mol. The van der Waals surface area contributed by atoms with E-state index in [1.54, 1.807) is 0 Å². The summed E-state index contributed by atoms with van der Waals surface area (Å²) in [6, 6.07) is 0.250. The normalized spacial score (nSPS) is 22.8. The summed E-state index contributed by atoms with van der Waals surface area (Å²) in [5.41, 5.74) is 2.20. The third-order valence-electron chi connectivity index (χ3n) is 5.06. The van der Waals surface area contributed by atoms with Gasteiger partial charge in [0.2, 0.25) is 0 Å². The van der Waals surface area contributed by atoms with Crippen LogP contribution in [0.1, 0.15) is 79.8 Å². The highest BCUT2D eigenvalue weighted by Gasteiger charge is 2.36. The number of carbonyl (C=O) groups is 1. The van der Waals surface area contributed by atoms with Gasteiger partial charge in [-0.25, -0.2) is 0 Å². The molecule has 3 rings (SSSR count). The fourth-order valence-electron chi connectivity index (χ4n) is 3.91. The summed E-state index contributed by atoms with van der Waals surface area (Å²) in [7, 11) is 0. The largest absolute Gasteiger partial charge is 0.455 e. The van der Waals surface area contributed by atoms with Crippen LogP contribution >= 0.6 is 0 Å². The van der Waals surface area contributed by atoms with Crippen LogP contribution in [-0.2, 0) is 6.42 Å². The van der Waals surface area contributed by atoms with E-state index >= 15 is 0 Å². The molecule has 1 heterocycles. The van der Waals surface area contributed by atoms with Crippen LogP contribution in [0.5, 0.6) is 0 Å². The van der Waals surface area contributed by atoms with Crippen molar-refractivity contribution in [3.63, 3.8) is 0 Å². The molecule has 1 fully saturated rings. The quantitative estimate of drug-likeness (QED) is 0.643. The Kier molecular flexibility index (Phi) is 4.21. The maximum absolute atomic E-state index is 12.6. The first-order valence-corrected chi connectivity index (χ1v) is 8.56. The number of fused-ring (bicyclic) bond motifs is 1. The summed E-state index contributed by atoms with van der Waals surface area (Å²) in [5, 5.41) is 15.9. The number of rotatable bonds is 2. The first kappa shape index (κ1) is 16.1. The van der Waals surface area contributed by atoms with Crippen molar-refractivity contribution in [3.8, 4) is 0 Å². The molecule has 23 heavy (non-hydrogen) atoms. The Morgan fingerprint density at radius 2 is 1.96 bits per heavy atom. The van der Waals surface area contributed by atoms with E-state index < -0.39 is 0 Å². The molecule has 1 amide bonds. The maximum atomic E-state index is 12.6. The highest BCUT2D eigenvalue weighted by Crippen LogP contribution is 2.38. The van der Waals surface area contributed by atoms with Crippen molar-refractivity contribution in [2.75, 3.05) is 0 Å². The van der Waals surface area contributed by atoms with Gasteiger partial charge in [-0.3, -0.25) is 4.79 Å². The van der Waals surface area contributed by atoms with Gasteiger partial charge >= 0.3 is 0 Å². The first-order chi connectivity index (χ1) is 10.9. The molecule has 126 valence electrons. The van der Waals surface area contributed by atoms with E-state index in [4.69, 9.17) is 4.42 Å². The minimum absolute atomic E-state index is 0.0318. The summed E-state index contributed by atoms with van der Waals surface area (Å²) < 4.78 is 5.90. The third kappa shape index (κ3) is 3.14. The van der Waals surface area contributed by atoms with E-state index in [2.05, 4.69) is 24.3 Å². The number of oxime groups is 1. The number of carbonyl (C=O) groups excluding carboxylic acids is 1. The van der Waals surface area contributed by atoms with Crippen LogP contribution in [0.4, 0.5) is 0 Å². The lowest BCUT2D eigenvalue weighted by Gasteiger charge is -2.28. The molecule has 0 saturated heterocycles. The Morgan fingerprint density at radius 3 is 2.61 bits per heavy atom. The molecule has 5 heteroatoms. The lowest BCUT2D eigenvalue weighted by molar-refractivity contribution is 0.0895. The second kappa shape index (κ2) is 6.02. The highest BCUT2D eigenvalue weighted by atomic mass is 16.4. The Balaban J connectivity index is 1.87. The first-order valence-electron chi connectivity index (χ1n) is 8.56. The Labute approximate surface area is 137 Å². The predicted molar refractivity (Wildman–Crippen MR) is 88.2 cm³/mol. The van der Waals surface area contributed by atoms with E-state index in [0.717, 1.165) is 36.1 Å². The smallest absolute Gasteiger partial charge is 0.287 e. The zero-order valence-corrected chi connectivity index (χ0v) is 14.2. The molecule has 0 aromatic carbocycles. The van der Waals surface area contributed by atoms with Crippen LogP contribution in [0.25, 0.3) is 0 Å². The van der Waals surface area contributed by atoms with Crippen LogP contribution in [0.3, 0.4) is 0 Å². The van der Waals surface area contributed by atoms with Crippen molar-refractivity contribution in [2.24, 2.45) is 10.6 Å². The lowest BCUT2D eigenvalue weighted by Crippen LogP contribution is -2.36. The fourth-order valence-corrected chi connectivity index (χ4v) is 3.91. The monoisotopic (exact) mass is 318 g/mol. The Morgan fingerprint density at radius 1 is 1.26 bits per heavy atom. The topological polar surface area (TPSA) is 74.8 Å². The van der Waals surface area contributed by atoms with Gasteiger partial charge in [0.15, 0.2) is 5.76 Å². The number of hydrogen-bond acceptors (Lipinski definition) is 4. The van der Waals surface area contributed by atoms with E-state index in [0.29, 0.717) is 17.9 Å². The summed E-state index contributed by atoms with van der Waals surface area (Å²) >= 11 is 0. The molecule has 2 N–H and O–H groups in total. The van der Waals surface area contributed by atoms with Crippen molar-refractivity contribution in [1.82, 2.24) is 5.32 Å². The minimum Gasteiger partial charge on any atom is -0.455 e. The van der Waals surface area contributed by atoms with Crippen LogP contribution in [-0.4, -0.2) is 22.9 Å². The van der Waals surface area contributed by atoms with E-state index in [1.807, 2.05) is 6.92 Å². The predicted octanol–water partition coefficient (Wildman–Crippen LogP) is 3.80. The van der Waals surface area contributed by atoms with Crippen LogP contribution in [0, 0.1) is 12.3 Å². The third-order valence-corrected chi connectivity index (χ3v) is 5.06. The second-order valence-electron chi connectivity index (χ2n) is 7.73. The van der Waals surface area contributed by atoms with Crippen molar-refractivity contribution in [2.45, 2.75) is 71.8 Å². The van der Waals surface area contributed by atoms with Gasteiger partial charge in [-0.1, -0.05) is 38.3 Å². The zero-order chi connectivity index (χ0) is 16.6. The molecular weight excluding hydrogens is 292 g/mol. The molecule has 0 atom stereocenters. The molecule has 2 aliphatic carbocycles. The van der Waals surface area contributed by atoms with E-state index in [-0.39, 0.29) is 17.4 Å². The Bertz CT molecular complexity index is 637. The molecule has 1 aromatic rings. The van der Waals surface area contributed by atoms with Crippen molar-refractivity contribution in [1.29, 1.82) is 0 Å². The molecule has 0 unspecified atom stereocenters. The van der Waals surface area contributed by atoms with Gasteiger partial charge in [0.1, 0.15) is 5.76 Å². The van der Waals surface area contributed by atoms with Crippen molar-refractivity contribution >= 4 is 11.6 Å². The number of hydrogen-bond donors (Lipinski definition) is 2. The van der Waals surface area contributed by atoms with Gasteiger partial charge in [0.05, 0.1) is 5.71 Å². The van der Waals surface area contributed by atoms with Crippen LogP contribution in [0.2, 0.25) is 0 Å².